The highest BCUT2D eigenvalue weighted by molar-refractivity contribution is 5.60. The zero-order chi connectivity index (χ0) is 16.9. The normalized spacial score (nSPS) is 15.3. The van der Waals surface area contributed by atoms with Gasteiger partial charge in [-0.1, -0.05) is 6.42 Å². The molecule has 1 aromatic carbocycles. The molecule has 1 aliphatic heterocycles. The molecule has 1 aromatic heterocycles. The largest absolute Gasteiger partial charge is 0.301 e. The Morgan fingerprint density at radius 2 is 1.71 bits per heavy atom. The number of nitrogens with zero attached hydrogens (tertiary/aromatic N) is 4. The van der Waals surface area contributed by atoms with Crippen LogP contribution < -0.4 is 5.56 Å². The fraction of sp³-hybridized carbons (Fsp3) is 0.412. The maximum absolute atomic E-state index is 12.0. The van der Waals surface area contributed by atoms with Gasteiger partial charge in [-0.3, -0.25) is 14.9 Å². The van der Waals surface area contributed by atoms with Crippen LogP contribution in [0.5, 0.6) is 0 Å². The average molecular weight is 328 g/mol. The van der Waals surface area contributed by atoms with Gasteiger partial charge in [0.2, 0.25) is 0 Å². The van der Waals surface area contributed by atoms with Crippen LogP contribution in [0.1, 0.15) is 19.3 Å². The van der Waals surface area contributed by atoms with Gasteiger partial charge >= 0.3 is 0 Å². The van der Waals surface area contributed by atoms with Crippen LogP contribution in [-0.2, 0) is 6.54 Å². The summed E-state index contributed by atoms with van der Waals surface area (Å²) in [6.07, 6.45) is 3.71. The van der Waals surface area contributed by atoms with Crippen molar-refractivity contribution in [2.75, 3.05) is 19.6 Å². The second kappa shape index (κ2) is 7.35. The first kappa shape index (κ1) is 16.3. The van der Waals surface area contributed by atoms with Gasteiger partial charge in [-0.15, -0.1) is 0 Å². The van der Waals surface area contributed by atoms with E-state index in [0.29, 0.717) is 12.2 Å². The highest BCUT2D eigenvalue weighted by Crippen LogP contribution is 2.19. The molecule has 0 radical (unpaired) electrons. The SMILES string of the molecule is O=c1ccc(-c2ccc([N+](=O)[O-])cc2)nn1CCN1CCCCC1. The van der Waals surface area contributed by atoms with Crippen molar-refractivity contribution in [3.63, 3.8) is 0 Å². The Hall–Kier alpha value is -2.54. The van der Waals surface area contributed by atoms with Gasteiger partial charge < -0.3 is 4.90 Å². The van der Waals surface area contributed by atoms with Crippen molar-refractivity contribution in [1.29, 1.82) is 0 Å². The monoisotopic (exact) mass is 328 g/mol. The van der Waals surface area contributed by atoms with E-state index in [9.17, 15) is 14.9 Å². The molecule has 0 atom stereocenters. The fourth-order valence-corrected chi connectivity index (χ4v) is 2.94. The molecule has 1 aliphatic rings. The average Bonchev–Trinajstić information content (AvgIpc) is 2.62. The van der Waals surface area contributed by atoms with E-state index in [0.717, 1.165) is 25.2 Å². The van der Waals surface area contributed by atoms with Gasteiger partial charge in [-0.2, -0.15) is 5.10 Å². The van der Waals surface area contributed by atoms with Crippen LogP contribution in [0.15, 0.2) is 41.2 Å². The molecule has 0 spiro atoms. The van der Waals surface area contributed by atoms with Crippen molar-refractivity contribution < 1.29 is 4.92 Å². The minimum Gasteiger partial charge on any atom is -0.301 e. The highest BCUT2D eigenvalue weighted by atomic mass is 16.6. The van der Waals surface area contributed by atoms with Gasteiger partial charge in [0, 0.05) is 30.3 Å². The number of nitro groups is 1. The minimum atomic E-state index is -0.434. The molecular weight excluding hydrogens is 308 g/mol. The van der Waals surface area contributed by atoms with Crippen LogP contribution in [-0.4, -0.2) is 39.2 Å². The first-order chi connectivity index (χ1) is 11.6. The summed E-state index contributed by atoms with van der Waals surface area (Å²) in [5.74, 6) is 0. The van der Waals surface area contributed by atoms with E-state index in [4.69, 9.17) is 0 Å². The van der Waals surface area contributed by atoms with Crippen molar-refractivity contribution >= 4 is 5.69 Å². The van der Waals surface area contributed by atoms with Gasteiger partial charge in [0.15, 0.2) is 0 Å². The highest BCUT2D eigenvalue weighted by Gasteiger charge is 2.11. The lowest BCUT2D eigenvalue weighted by Crippen LogP contribution is -2.35. The lowest BCUT2D eigenvalue weighted by molar-refractivity contribution is -0.384. The predicted octanol–water partition coefficient (Wildman–Crippen LogP) is 2.30. The van der Waals surface area contributed by atoms with Gasteiger partial charge in [0.05, 0.1) is 17.2 Å². The van der Waals surface area contributed by atoms with E-state index in [1.807, 2.05) is 0 Å². The predicted molar refractivity (Wildman–Crippen MR) is 90.9 cm³/mol. The first-order valence-corrected chi connectivity index (χ1v) is 8.19. The van der Waals surface area contributed by atoms with Gasteiger partial charge in [0.25, 0.3) is 11.2 Å². The third-order valence-electron chi connectivity index (χ3n) is 4.32. The van der Waals surface area contributed by atoms with Gasteiger partial charge in [-0.25, -0.2) is 4.68 Å². The number of likely N-dealkylation sites (tertiary alicyclic amines) is 1. The van der Waals surface area contributed by atoms with Crippen molar-refractivity contribution in [3.05, 3.63) is 56.9 Å². The molecule has 7 nitrogen and oxygen atoms in total. The van der Waals surface area contributed by atoms with Gasteiger partial charge in [-0.05, 0) is 44.1 Å². The number of hydrogen-bond donors (Lipinski definition) is 0. The lowest BCUT2D eigenvalue weighted by atomic mass is 10.1. The quantitative estimate of drug-likeness (QED) is 0.621. The minimum absolute atomic E-state index is 0.0390. The number of rotatable bonds is 5. The van der Waals surface area contributed by atoms with Gasteiger partial charge in [0.1, 0.15) is 0 Å². The van der Waals surface area contributed by atoms with Crippen molar-refractivity contribution in [2.45, 2.75) is 25.8 Å². The van der Waals surface area contributed by atoms with E-state index < -0.39 is 4.92 Å². The summed E-state index contributed by atoms with van der Waals surface area (Å²) in [6.45, 7) is 3.53. The first-order valence-electron chi connectivity index (χ1n) is 8.19. The molecule has 1 fully saturated rings. The second-order valence-electron chi connectivity index (χ2n) is 5.99. The van der Waals surface area contributed by atoms with Crippen LogP contribution in [0.2, 0.25) is 0 Å². The Morgan fingerprint density at radius 1 is 1.00 bits per heavy atom. The summed E-state index contributed by atoms with van der Waals surface area (Å²) in [5, 5.41) is 15.1. The standard InChI is InChI=1S/C17H20N4O3/c22-17-9-8-16(14-4-6-15(7-5-14)21(23)24)18-20(17)13-12-19-10-2-1-3-11-19/h4-9H,1-3,10-13H2. The van der Waals surface area contributed by atoms with E-state index in [1.54, 1.807) is 18.2 Å². The summed E-state index contributed by atoms with van der Waals surface area (Å²) in [6, 6.07) is 9.35. The molecule has 2 aromatic rings. The van der Waals surface area contributed by atoms with Crippen LogP contribution in [0, 0.1) is 10.1 Å². The molecule has 0 bridgehead atoms. The molecule has 7 heteroatoms. The van der Waals surface area contributed by atoms with E-state index >= 15 is 0 Å². The summed E-state index contributed by atoms with van der Waals surface area (Å²) in [5.41, 5.74) is 1.31. The number of piperidine rings is 1. The van der Waals surface area contributed by atoms with Crippen LogP contribution in [0.25, 0.3) is 11.3 Å². The fourth-order valence-electron chi connectivity index (χ4n) is 2.94. The number of hydrogen-bond acceptors (Lipinski definition) is 5. The van der Waals surface area contributed by atoms with E-state index in [2.05, 4.69) is 10.00 Å². The zero-order valence-electron chi connectivity index (χ0n) is 13.4. The Kier molecular flexibility index (Phi) is 5.00. The van der Waals surface area contributed by atoms with Crippen molar-refractivity contribution in [3.8, 4) is 11.3 Å². The Bertz CT molecular complexity index is 764. The number of non-ortho nitro benzene ring substituents is 1. The number of benzene rings is 1. The Morgan fingerprint density at radius 3 is 2.38 bits per heavy atom. The molecule has 0 saturated carbocycles. The summed E-state index contributed by atoms with van der Waals surface area (Å²) >= 11 is 0. The maximum Gasteiger partial charge on any atom is 0.269 e. The van der Waals surface area contributed by atoms with E-state index in [1.165, 1.54) is 42.1 Å². The zero-order valence-corrected chi connectivity index (χ0v) is 13.4. The third kappa shape index (κ3) is 3.86. The second-order valence-corrected chi connectivity index (χ2v) is 5.99. The smallest absolute Gasteiger partial charge is 0.269 e. The Balaban J connectivity index is 1.75. The number of nitro benzene ring substituents is 1. The van der Waals surface area contributed by atoms with Crippen LogP contribution in [0.4, 0.5) is 5.69 Å². The molecule has 0 unspecified atom stereocenters. The Labute approximate surface area is 139 Å². The number of aromatic nitrogens is 2. The molecule has 2 heterocycles. The van der Waals surface area contributed by atoms with Crippen LogP contribution in [0.3, 0.4) is 0 Å². The molecule has 1 saturated heterocycles. The molecular formula is C17H20N4O3. The lowest BCUT2D eigenvalue weighted by Gasteiger charge is -2.26. The third-order valence-corrected chi connectivity index (χ3v) is 4.32. The molecule has 24 heavy (non-hydrogen) atoms. The summed E-state index contributed by atoms with van der Waals surface area (Å²) in [4.78, 5) is 24.7. The van der Waals surface area contributed by atoms with E-state index in [-0.39, 0.29) is 11.2 Å². The molecule has 126 valence electrons. The molecule has 0 N–H and O–H groups in total. The van der Waals surface area contributed by atoms with Crippen LogP contribution >= 0.6 is 0 Å². The van der Waals surface area contributed by atoms with Crippen molar-refractivity contribution in [1.82, 2.24) is 14.7 Å². The van der Waals surface area contributed by atoms with Crippen molar-refractivity contribution in [2.24, 2.45) is 0 Å². The molecule has 0 aliphatic carbocycles. The summed E-state index contributed by atoms with van der Waals surface area (Å²) in [7, 11) is 0. The molecule has 3 rings (SSSR count). The molecule has 0 amide bonds. The topological polar surface area (TPSA) is 81.3 Å². The summed E-state index contributed by atoms with van der Waals surface area (Å²) < 4.78 is 1.48. The maximum atomic E-state index is 12.0.